The van der Waals surface area contributed by atoms with E-state index in [1.54, 1.807) is 31.3 Å². The topological polar surface area (TPSA) is 165 Å². The molecule has 7 N–H and O–H groups in total. The van der Waals surface area contributed by atoms with Crippen molar-refractivity contribution in [3.05, 3.63) is 47.5 Å². The van der Waals surface area contributed by atoms with Crippen LogP contribution in [0, 0.1) is 0 Å². The lowest BCUT2D eigenvalue weighted by atomic mass is 9.95. The van der Waals surface area contributed by atoms with Crippen LogP contribution in [0.2, 0.25) is 0 Å². The number of nitrogens with two attached hydrogens (primary N) is 1. The van der Waals surface area contributed by atoms with Gasteiger partial charge >= 0.3 is 5.97 Å². The summed E-state index contributed by atoms with van der Waals surface area (Å²) in [6, 6.07) is 6.79. The molecule has 10 heteroatoms. The van der Waals surface area contributed by atoms with Crippen LogP contribution in [-0.2, 0) is 27.2 Å². The number of carboxylic acids is 1. The highest BCUT2D eigenvalue weighted by atomic mass is 16.4. The monoisotopic (exact) mass is 484 g/mol. The Bertz CT molecular complexity index is 1110. The zero-order valence-corrected chi connectivity index (χ0v) is 19.8. The number of amides is 2. The van der Waals surface area contributed by atoms with E-state index in [-0.39, 0.29) is 30.8 Å². The number of carbonyl (C=O) groups excluding carboxylic acids is 2. The zero-order chi connectivity index (χ0) is 25.7. The number of rotatable bonds is 5. The minimum absolute atomic E-state index is 0.0200. The van der Waals surface area contributed by atoms with Gasteiger partial charge in [0.1, 0.15) is 23.6 Å². The predicted molar refractivity (Wildman–Crippen MR) is 130 cm³/mol. The highest BCUT2D eigenvalue weighted by Crippen LogP contribution is 2.31. The van der Waals surface area contributed by atoms with E-state index >= 15 is 0 Å². The Balaban J connectivity index is 2.15. The Hall–Kier alpha value is -3.63. The van der Waals surface area contributed by atoms with E-state index in [0.717, 1.165) is 10.5 Å². The van der Waals surface area contributed by atoms with E-state index in [1.807, 2.05) is 0 Å². The van der Waals surface area contributed by atoms with Crippen molar-refractivity contribution in [2.45, 2.75) is 43.8 Å². The molecule has 10 nitrogen and oxygen atoms in total. The molecule has 0 radical (unpaired) electrons. The maximum Gasteiger partial charge on any atom is 0.326 e. The summed E-state index contributed by atoms with van der Waals surface area (Å²) < 4.78 is 0. The Labute approximate surface area is 203 Å². The van der Waals surface area contributed by atoms with Crippen molar-refractivity contribution in [2.75, 3.05) is 20.6 Å². The highest BCUT2D eigenvalue weighted by Gasteiger charge is 2.34. The summed E-state index contributed by atoms with van der Waals surface area (Å²) >= 11 is 0. The molecule has 0 aromatic heterocycles. The number of aromatic hydroxyl groups is 2. The molecule has 3 rings (SSSR count). The van der Waals surface area contributed by atoms with Crippen molar-refractivity contribution in [2.24, 2.45) is 5.73 Å². The molecule has 4 bridgehead atoms. The van der Waals surface area contributed by atoms with Gasteiger partial charge in [-0.25, -0.2) is 4.79 Å². The number of fused-ring (bicyclic) bond motifs is 5. The molecule has 1 heterocycles. The number of likely N-dealkylation sites (N-methyl/N-ethyl adjacent to an activating group) is 2. The number of carboxylic acid groups (broad SMARTS) is 1. The van der Waals surface area contributed by atoms with E-state index in [0.29, 0.717) is 29.7 Å². The van der Waals surface area contributed by atoms with Gasteiger partial charge in [0.05, 0.1) is 6.04 Å². The molecular weight excluding hydrogens is 452 g/mol. The van der Waals surface area contributed by atoms with Gasteiger partial charge in [0.2, 0.25) is 11.8 Å². The molecule has 0 spiro atoms. The van der Waals surface area contributed by atoms with Crippen molar-refractivity contribution < 1.29 is 29.7 Å². The van der Waals surface area contributed by atoms with Gasteiger partial charge in [-0.15, -0.1) is 0 Å². The number of carbonyl (C=O) groups is 3. The Morgan fingerprint density at radius 2 is 1.66 bits per heavy atom. The third kappa shape index (κ3) is 5.90. The fraction of sp³-hybridized carbons (Fsp3) is 0.400. The van der Waals surface area contributed by atoms with E-state index in [1.165, 1.54) is 19.2 Å². The molecule has 0 fully saturated rings. The van der Waals surface area contributed by atoms with Crippen LogP contribution in [0.3, 0.4) is 0 Å². The van der Waals surface area contributed by atoms with Crippen LogP contribution in [0.1, 0.15) is 24.0 Å². The summed E-state index contributed by atoms with van der Waals surface area (Å²) in [4.78, 5) is 39.7. The highest BCUT2D eigenvalue weighted by molar-refractivity contribution is 5.92. The molecular formula is C25H32N4O6. The lowest BCUT2D eigenvalue weighted by Gasteiger charge is -2.30. The van der Waals surface area contributed by atoms with Crippen LogP contribution in [-0.4, -0.2) is 76.8 Å². The second-order valence-electron chi connectivity index (χ2n) is 8.73. The standard InChI is InChI=1S/C25H32N4O6/c1-27-19-12-16-10-14(5-7-21(16)30)15-6-8-22(31)17(11-15)13-20(25(34)35)29(2)24(33)18(4-3-9-26)28-23(19)32/h5-8,10-11,18-20,27,30-31H,3-4,9,12-13,26H2,1-2H3,(H,28,32)(H,34,35)/t18-,19-,20-/m0/s1. The molecule has 35 heavy (non-hydrogen) atoms. The summed E-state index contributed by atoms with van der Waals surface area (Å²) in [5, 5.41) is 36.5. The molecule has 2 aromatic rings. The fourth-order valence-corrected chi connectivity index (χ4v) is 4.25. The molecule has 1 aliphatic heterocycles. The summed E-state index contributed by atoms with van der Waals surface area (Å²) in [6.07, 6.45) is 0.686. The molecule has 0 unspecified atom stereocenters. The second-order valence-corrected chi connectivity index (χ2v) is 8.73. The van der Waals surface area contributed by atoms with Gasteiger partial charge in [0, 0.05) is 19.9 Å². The molecule has 3 atom stereocenters. The smallest absolute Gasteiger partial charge is 0.326 e. The summed E-state index contributed by atoms with van der Waals surface area (Å²) in [5.41, 5.74) is 7.91. The summed E-state index contributed by atoms with van der Waals surface area (Å²) in [6.45, 7) is 0.294. The van der Waals surface area contributed by atoms with Gasteiger partial charge in [0.15, 0.2) is 0 Å². The quantitative estimate of drug-likeness (QED) is 0.359. The van der Waals surface area contributed by atoms with Gasteiger partial charge < -0.3 is 36.6 Å². The van der Waals surface area contributed by atoms with Crippen molar-refractivity contribution in [3.8, 4) is 22.6 Å². The van der Waals surface area contributed by atoms with Crippen molar-refractivity contribution >= 4 is 17.8 Å². The molecule has 0 saturated carbocycles. The number of benzene rings is 2. The molecule has 2 aromatic carbocycles. The lowest BCUT2D eigenvalue weighted by molar-refractivity contribution is -0.150. The lowest BCUT2D eigenvalue weighted by Crippen LogP contribution is -2.56. The number of phenolic OH excluding ortho intramolecular Hbond substituents is 2. The first-order valence-corrected chi connectivity index (χ1v) is 11.5. The number of hydrogen-bond acceptors (Lipinski definition) is 7. The molecule has 0 saturated heterocycles. The maximum atomic E-state index is 13.3. The first kappa shape index (κ1) is 26.0. The first-order valence-electron chi connectivity index (χ1n) is 11.5. The number of phenols is 2. The van der Waals surface area contributed by atoms with Gasteiger partial charge in [0.25, 0.3) is 0 Å². The van der Waals surface area contributed by atoms with E-state index in [9.17, 15) is 29.7 Å². The molecule has 1 aliphatic rings. The van der Waals surface area contributed by atoms with Gasteiger partial charge in [-0.1, -0.05) is 12.1 Å². The third-order valence-electron chi connectivity index (χ3n) is 6.41. The predicted octanol–water partition coefficient (Wildman–Crippen LogP) is 0.587. The number of aliphatic carboxylic acids is 1. The summed E-state index contributed by atoms with van der Waals surface area (Å²) in [5.74, 6) is -2.33. The Morgan fingerprint density at radius 1 is 1.09 bits per heavy atom. The van der Waals surface area contributed by atoms with Crippen molar-refractivity contribution in [3.63, 3.8) is 0 Å². The number of nitrogens with zero attached hydrogens (tertiary/aromatic N) is 1. The zero-order valence-electron chi connectivity index (χ0n) is 19.8. The molecule has 2 amide bonds. The van der Waals surface area contributed by atoms with Crippen LogP contribution in [0.4, 0.5) is 0 Å². The van der Waals surface area contributed by atoms with Crippen LogP contribution < -0.4 is 16.4 Å². The van der Waals surface area contributed by atoms with Crippen LogP contribution in [0.5, 0.6) is 11.5 Å². The third-order valence-corrected chi connectivity index (χ3v) is 6.41. The number of nitrogens with one attached hydrogen (secondary N) is 2. The van der Waals surface area contributed by atoms with Gasteiger partial charge in [-0.05, 0) is 73.0 Å². The van der Waals surface area contributed by atoms with E-state index < -0.39 is 35.9 Å². The van der Waals surface area contributed by atoms with Crippen LogP contribution in [0.25, 0.3) is 11.1 Å². The van der Waals surface area contributed by atoms with Crippen molar-refractivity contribution in [1.29, 1.82) is 0 Å². The van der Waals surface area contributed by atoms with Gasteiger partial charge in [-0.2, -0.15) is 0 Å². The average molecular weight is 485 g/mol. The van der Waals surface area contributed by atoms with E-state index in [4.69, 9.17) is 5.73 Å². The fourth-order valence-electron chi connectivity index (χ4n) is 4.25. The molecule has 0 aliphatic carbocycles. The SMILES string of the molecule is CN[C@H]1Cc2cc(ccc2O)-c2ccc(O)c(c2)C[C@@H](C(=O)O)N(C)C(=O)[C@H](CCCN)NC1=O. The normalized spacial score (nSPS) is 21.1. The summed E-state index contributed by atoms with van der Waals surface area (Å²) in [7, 11) is 2.98. The van der Waals surface area contributed by atoms with Gasteiger partial charge in [-0.3, -0.25) is 9.59 Å². The average Bonchev–Trinajstić information content (AvgIpc) is 2.83. The Morgan fingerprint density at radius 3 is 2.17 bits per heavy atom. The number of hydrogen-bond donors (Lipinski definition) is 6. The maximum absolute atomic E-state index is 13.3. The van der Waals surface area contributed by atoms with E-state index in [2.05, 4.69) is 10.6 Å². The molecule has 188 valence electrons. The Kier molecular flexibility index (Phi) is 8.31. The first-order chi connectivity index (χ1) is 16.7. The van der Waals surface area contributed by atoms with Crippen LogP contribution >= 0.6 is 0 Å². The van der Waals surface area contributed by atoms with Crippen molar-refractivity contribution in [1.82, 2.24) is 15.5 Å². The minimum atomic E-state index is -1.28. The minimum Gasteiger partial charge on any atom is -0.508 e. The second kappa shape index (κ2) is 11.2. The largest absolute Gasteiger partial charge is 0.508 e. The van der Waals surface area contributed by atoms with Crippen LogP contribution in [0.15, 0.2) is 36.4 Å².